The highest BCUT2D eigenvalue weighted by atomic mass is 16.5. The van der Waals surface area contributed by atoms with Crippen LogP contribution < -0.4 is 9.64 Å². The number of hydrogen-bond acceptors (Lipinski definition) is 8. The van der Waals surface area contributed by atoms with Crippen molar-refractivity contribution in [3.63, 3.8) is 0 Å². The second kappa shape index (κ2) is 18.5. The minimum absolute atomic E-state index is 0.727. The zero-order chi connectivity index (χ0) is 35.8. The smallest absolute Gasteiger partial charge is 0.121 e. The molecule has 0 radical (unpaired) electrons. The summed E-state index contributed by atoms with van der Waals surface area (Å²) in [6.45, 7) is 0.727. The number of nitrogens with zero attached hydrogens (tertiary/aromatic N) is 7. The molecular formula is C44H41N7O. The van der Waals surface area contributed by atoms with E-state index >= 15 is 0 Å². The van der Waals surface area contributed by atoms with E-state index in [1.165, 1.54) is 10.9 Å². The third-order valence-electron chi connectivity index (χ3n) is 8.20. The molecule has 0 saturated heterocycles. The maximum atomic E-state index is 5.93. The molecule has 0 unspecified atom stereocenters. The van der Waals surface area contributed by atoms with Gasteiger partial charge in [-0.15, -0.1) is 0 Å². The fourth-order valence-electron chi connectivity index (χ4n) is 5.55. The van der Waals surface area contributed by atoms with Gasteiger partial charge in [-0.25, -0.2) is 0 Å². The first-order valence-electron chi connectivity index (χ1n) is 17.3. The van der Waals surface area contributed by atoms with Gasteiger partial charge < -0.3 is 9.64 Å². The van der Waals surface area contributed by atoms with Crippen LogP contribution in [0.1, 0.15) is 18.4 Å². The van der Waals surface area contributed by atoms with Gasteiger partial charge in [0.2, 0.25) is 0 Å². The van der Waals surface area contributed by atoms with Gasteiger partial charge in [0.05, 0.1) is 40.4 Å². The Kier molecular flexibility index (Phi) is 12.5. The van der Waals surface area contributed by atoms with Crippen molar-refractivity contribution in [2.24, 2.45) is 0 Å². The highest BCUT2D eigenvalue weighted by Gasteiger charge is 2.07. The predicted octanol–water partition coefficient (Wildman–Crippen LogP) is 9.54. The monoisotopic (exact) mass is 683 g/mol. The van der Waals surface area contributed by atoms with Crippen molar-refractivity contribution >= 4 is 27.5 Å². The largest absolute Gasteiger partial charge is 0.494 e. The van der Waals surface area contributed by atoms with E-state index in [4.69, 9.17) is 4.74 Å². The van der Waals surface area contributed by atoms with E-state index in [0.717, 1.165) is 76.5 Å². The molecule has 0 atom stereocenters. The summed E-state index contributed by atoms with van der Waals surface area (Å²) in [4.78, 5) is 27.9. The van der Waals surface area contributed by atoms with Crippen LogP contribution in [-0.2, 0) is 6.42 Å². The van der Waals surface area contributed by atoms with Gasteiger partial charge >= 0.3 is 0 Å². The van der Waals surface area contributed by atoms with Crippen LogP contribution in [0.2, 0.25) is 0 Å². The lowest BCUT2D eigenvalue weighted by Crippen LogP contribution is -2.08. The van der Waals surface area contributed by atoms with Crippen molar-refractivity contribution in [3.8, 4) is 28.5 Å². The number of anilines is 1. The van der Waals surface area contributed by atoms with Crippen LogP contribution in [0.15, 0.2) is 165 Å². The molecule has 6 aromatic heterocycles. The van der Waals surface area contributed by atoms with E-state index in [1.54, 1.807) is 24.8 Å². The van der Waals surface area contributed by atoms with Gasteiger partial charge in [-0.1, -0.05) is 48.5 Å². The average molecular weight is 684 g/mol. The third-order valence-corrected chi connectivity index (χ3v) is 8.20. The summed E-state index contributed by atoms with van der Waals surface area (Å²) >= 11 is 0. The van der Waals surface area contributed by atoms with Gasteiger partial charge in [-0.3, -0.25) is 29.9 Å². The maximum Gasteiger partial charge on any atom is 0.121 e. The lowest BCUT2D eigenvalue weighted by molar-refractivity contribution is 0.307. The Morgan fingerprint density at radius 2 is 1.06 bits per heavy atom. The van der Waals surface area contributed by atoms with Gasteiger partial charge in [0.15, 0.2) is 0 Å². The first-order chi connectivity index (χ1) is 25.7. The van der Waals surface area contributed by atoms with Crippen molar-refractivity contribution in [2.75, 3.05) is 25.6 Å². The van der Waals surface area contributed by atoms with Gasteiger partial charge in [0.25, 0.3) is 0 Å². The molecule has 2 aromatic carbocycles. The highest BCUT2D eigenvalue weighted by molar-refractivity contribution is 6.03. The molecule has 0 aliphatic rings. The minimum atomic E-state index is 0.727. The van der Waals surface area contributed by atoms with Crippen LogP contribution >= 0.6 is 0 Å². The first-order valence-corrected chi connectivity index (χ1v) is 17.3. The lowest BCUT2D eigenvalue weighted by Gasteiger charge is -2.14. The predicted molar refractivity (Wildman–Crippen MR) is 211 cm³/mol. The van der Waals surface area contributed by atoms with E-state index in [0.29, 0.717) is 0 Å². The molecule has 8 rings (SSSR count). The molecule has 0 amide bonds. The number of ether oxygens (including phenoxy) is 1. The molecule has 0 bridgehead atoms. The number of aromatic nitrogens is 6. The first kappa shape index (κ1) is 35.3. The van der Waals surface area contributed by atoms with Crippen LogP contribution in [-0.4, -0.2) is 50.6 Å². The Morgan fingerprint density at radius 3 is 1.62 bits per heavy atom. The van der Waals surface area contributed by atoms with E-state index in [-0.39, 0.29) is 0 Å². The maximum absolute atomic E-state index is 5.93. The van der Waals surface area contributed by atoms with E-state index < -0.39 is 0 Å². The fourth-order valence-corrected chi connectivity index (χ4v) is 5.55. The van der Waals surface area contributed by atoms with Gasteiger partial charge in [0, 0.05) is 73.8 Å². The van der Waals surface area contributed by atoms with Crippen molar-refractivity contribution < 1.29 is 4.74 Å². The van der Waals surface area contributed by atoms with Crippen molar-refractivity contribution in [1.82, 2.24) is 29.9 Å². The summed E-state index contributed by atoms with van der Waals surface area (Å²) in [6.07, 6.45) is 13.9. The topological polar surface area (TPSA) is 89.8 Å². The van der Waals surface area contributed by atoms with E-state index in [1.807, 2.05) is 117 Å². The molecule has 52 heavy (non-hydrogen) atoms. The quantitative estimate of drug-likeness (QED) is 0.110. The number of aryl methyl sites for hydroxylation is 1. The van der Waals surface area contributed by atoms with Gasteiger partial charge in [-0.05, 0) is 97.6 Å². The summed E-state index contributed by atoms with van der Waals surface area (Å²) < 4.78 is 5.93. The summed E-state index contributed by atoms with van der Waals surface area (Å²) in [7, 11) is 4.08. The zero-order valence-electron chi connectivity index (χ0n) is 29.5. The Balaban J connectivity index is 0.000000158. The molecule has 8 aromatic rings. The SMILES string of the molecule is CN(C)c1cccc(OCCCCc2ccnc3c2ccc2cccnc23)c1.c1ccc(-c2ccccn2)nc1.c1ccc(-c2ccccn2)nc1. The number of unbranched alkanes of at least 4 members (excludes halogenated alkanes) is 1. The van der Waals surface area contributed by atoms with Gasteiger partial charge in [-0.2, -0.15) is 0 Å². The molecule has 0 spiro atoms. The number of hydrogen-bond donors (Lipinski definition) is 0. The van der Waals surface area contributed by atoms with E-state index in [2.05, 4.69) is 71.2 Å². The van der Waals surface area contributed by atoms with E-state index in [9.17, 15) is 0 Å². The minimum Gasteiger partial charge on any atom is -0.494 e. The summed E-state index contributed by atoms with van der Waals surface area (Å²) in [5, 5.41) is 2.33. The highest BCUT2D eigenvalue weighted by Crippen LogP contribution is 2.25. The van der Waals surface area contributed by atoms with Crippen LogP contribution in [0, 0.1) is 0 Å². The number of benzene rings is 2. The number of rotatable bonds is 9. The molecule has 6 heterocycles. The third kappa shape index (κ3) is 9.79. The standard InChI is InChI=1S/C24H25N3O.2C10H8N2/c1-27(2)20-9-5-10-21(17-20)28-16-4-3-7-18-13-15-26-24-22(18)12-11-19-8-6-14-25-23(19)24;2*1-3-7-11-9(5-1)10-6-2-4-8-12-10/h5-6,8-15,17H,3-4,7,16H2,1-2H3;2*1-8H. The second-order valence-electron chi connectivity index (χ2n) is 12.1. The molecule has 0 aliphatic carbocycles. The van der Waals surface area contributed by atoms with Crippen LogP contribution in [0.5, 0.6) is 5.75 Å². The Bertz CT molecular complexity index is 2100. The molecule has 8 heteroatoms. The summed E-state index contributed by atoms with van der Waals surface area (Å²) in [6, 6.07) is 41.9. The van der Waals surface area contributed by atoms with Crippen LogP contribution in [0.4, 0.5) is 5.69 Å². The van der Waals surface area contributed by atoms with Crippen LogP contribution in [0.3, 0.4) is 0 Å². The molecule has 0 aliphatic heterocycles. The summed E-state index contributed by atoms with van der Waals surface area (Å²) in [5.41, 5.74) is 8.11. The fraction of sp³-hybridized carbons (Fsp3) is 0.136. The molecule has 8 nitrogen and oxygen atoms in total. The molecule has 258 valence electrons. The summed E-state index contributed by atoms with van der Waals surface area (Å²) in [5.74, 6) is 0.929. The average Bonchev–Trinajstić information content (AvgIpc) is 3.22. The Labute approximate surface area is 304 Å². The Hall–Kier alpha value is -6.54. The molecule has 0 saturated carbocycles. The zero-order valence-corrected chi connectivity index (χ0v) is 29.5. The van der Waals surface area contributed by atoms with Crippen molar-refractivity contribution in [1.29, 1.82) is 0 Å². The van der Waals surface area contributed by atoms with Crippen LogP contribution in [0.25, 0.3) is 44.6 Å². The number of fused-ring (bicyclic) bond motifs is 3. The van der Waals surface area contributed by atoms with Crippen molar-refractivity contribution in [3.05, 3.63) is 170 Å². The van der Waals surface area contributed by atoms with Gasteiger partial charge in [0.1, 0.15) is 5.75 Å². The lowest BCUT2D eigenvalue weighted by atomic mass is 10.0. The molecular weight excluding hydrogens is 643 g/mol. The normalized spacial score (nSPS) is 10.4. The second-order valence-corrected chi connectivity index (χ2v) is 12.1. The molecule has 0 N–H and O–H groups in total. The number of pyridine rings is 6. The molecule has 0 fully saturated rings. The van der Waals surface area contributed by atoms with Crippen molar-refractivity contribution in [2.45, 2.75) is 19.3 Å². The Morgan fingerprint density at radius 1 is 0.481 bits per heavy atom.